The summed E-state index contributed by atoms with van der Waals surface area (Å²) in [6, 6.07) is 17.1. The van der Waals surface area contributed by atoms with Crippen molar-refractivity contribution in [1.29, 1.82) is 0 Å². The van der Waals surface area contributed by atoms with Crippen LogP contribution in [0.15, 0.2) is 59.1 Å². The van der Waals surface area contributed by atoms with Crippen LogP contribution in [0.25, 0.3) is 0 Å². The fourth-order valence-electron chi connectivity index (χ4n) is 3.79. The van der Waals surface area contributed by atoms with E-state index in [-0.39, 0.29) is 17.7 Å². The molecule has 30 heavy (non-hydrogen) atoms. The smallest absolute Gasteiger partial charge is 0.247 e. The first kappa shape index (κ1) is 22.3. The summed E-state index contributed by atoms with van der Waals surface area (Å²) in [7, 11) is 0. The number of hydrogen-bond donors (Lipinski definition) is 2. The van der Waals surface area contributed by atoms with Gasteiger partial charge in [0, 0.05) is 36.2 Å². The number of nitrogens with zero attached hydrogens (tertiary/aromatic N) is 1. The fourth-order valence-corrected chi connectivity index (χ4v) is 4.18. The largest absolute Gasteiger partial charge is 0.371 e. The minimum absolute atomic E-state index is 0.101. The SMILES string of the molecule is CC(C)CC(=O)NC(C(=O)NCC1CCN(c2cccc(Br)c2)C1)c1ccccc1. The van der Waals surface area contributed by atoms with Crippen molar-refractivity contribution in [3.8, 4) is 0 Å². The van der Waals surface area contributed by atoms with Crippen LogP contribution in [0.2, 0.25) is 0 Å². The highest BCUT2D eigenvalue weighted by Crippen LogP contribution is 2.26. The quantitative estimate of drug-likeness (QED) is 0.603. The van der Waals surface area contributed by atoms with Gasteiger partial charge in [0.2, 0.25) is 11.8 Å². The molecule has 1 saturated heterocycles. The molecule has 1 fully saturated rings. The van der Waals surface area contributed by atoms with Crippen LogP contribution >= 0.6 is 15.9 Å². The molecule has 0 bridgehead atoms. The standard InChI is InChI=1S/C24H30BrN3O2/c1-17(2)13-22(29)27-23(19-7-4-3-5-8-19)24(30)26-15-18-11-12-28(16-18)21-10-6-9-20(25)14-21/h3-10,14,17-18,23H,11-13,15-16H2,1-2H3,(H,26,30)(H,27,29). The lowest BCUT2D eigenvalue weighted by Crippen LogP contribution is -2.42. The number of carbonyl (C=O) groups is 2. The summed E-state index contributed by atoms with van der Waals surface area (Å²) < 4.78 is 1.07. The van der Waals surface area contributed by atoms with E-state index < -0.39 is 6.04 Å². The maximum absolute atomic E-state index is 13.0. The maximum atomic E-state index is 13.0. The van der Waals surface area contributed by atoms with Crippen molar-refractivity contribution < 1.29 is 9.59 Å². The predicted octanol–water partition coefficient (Wildman–Crippen LogP) is 4.30. The van der Waals surface area contributed by atoms with Crippen LogP contribution in [-0.2, 0) is 9.59 Å². The zero-order chi connectivity index (χ0) is 21.5. The zero-order valence-corrected chi connectivity index (χ0v) is 19.2. The van der Waals surface area contributed by atoms with Crippen LogP contribution in [0.1, 0.15) is 38.3 Å². The van der Waals surface area contributed by atoms with Crippen LogP contribution in [-0.4, -0.2) is 31.4 Å². The summed E-state index contributed by atoms with van der Waals surface area (Å²) in [5, 5.41) is 5.99. The summed E-state index contributed by atoms with van der Waals surface area (Å²) in [6.07, 6.45) is 1.43. The molecule has 2 N–H and O–H groups in total. The van der Waals surface area contributed by atoms with E-state index in [1.165, 1.54) is 5.69 Å². The minimum Gasteiger partial charge on any atom is -0.371 e. The van der Waals surface area contributed by atoms with Crippen LogP contribution in [0.5, 0.6) is 0 Å². The van der Waals surface area contributed by atoms with Gasteiger partial charge in [0.1, 0.15) is 6.04 Å². The van der Waals surface area contributed by atoms with E-state index in [1.54, 1.807) is 0 Å². The molecule has 0 aromatic heterocycles. The molecule has 1 aliphatic rings. The van der Waals surface area contributed by atoms with Crippen molar-refractivity contribution in [2.24, 2.45) is 11.8 Å². The summed E-state index contributed by atoms with van der Waals surface area (Å²) in [4.78, 5) is 27.6. The molecule has 2 unspecified atom stereocenters. The van der Waals surface area contributed by atoms with Gasteiger partial charge >= 0.3 is 0 Å². The Labute approximate surface area is 187 Å². The zero-order valence-electron chi connectivity index (χ0n) is 17.6. The summed E-state index contributed by atoms with van der Waals surface area (Å²) in [6.45, 7) is 6.48. The molecule has 2 aromatic carbocycles. The normalized spacial score (nSPS) is 17.1. The number of amides is 2. The first-order valence-corrected chi connectivity index (χ1v) is 11.3. The van der Waals surface area contributed by atoms with Gasteiger partial charge < -0.3 is 15.5 Å². The second-order valence-electron chi connectivity index (χ2n) is 8.33. The topological polar surface area (TPSA) is 61.4 Å². The highest BCUT2D eigenvalue weighted by molar-refractivity contribution is 9.10. The Morgan fingerprint density at radius 3 is 2.60 bits per heavy atom. The van der Waals surface area contributed by atoms with Gasteiger partial charge in [-0.15, -0.1) is 0 Å². The number of nitrogens with one attached hydrogen (secondary N) is 2. The molecule has 0 radical (unpaired) electrons. The van der Waals surface area contributed by atoms with Crippen LogP contribution in [0.4, 0.5) is 5.69 Å². The molecular formula is C24H30BrN3O2. The lowest BCUT2D eigenvalue weighted by Gasteiger charge is -2.21. The van der Waals surface area contributed by atoms with Crippen molar-refractivity contribution in [3.63, 3.8) is 0 Å². The summed E-state index contributed by atoms with van der Waals surface area (Å²) in [5.74, 6) is 0.373. The number of anilines is 1. The van der Waals surface area contributed by atoms with Crippen molar-refractivity contribution >= 4 is 33.4 Å². The van der Waals surface area contributed by atoms with E-state index in [1.807, 2.05) is 56.3 Å². The Bertz CT molecular complexity index is 857. The first-order chi connectivity index (χ1) is 14.4. The Morgan fingerprint density at radius 1 is 1.13 bits per heavy atom. The van der Waals surface area contributed by atoms with Crippen molar-refractivity contribution in [2.45, 2.75) is 32.7 Å². The third kappa shape index (κ3) is 6.33. The van der Waals surface area contributed by atoms with E-state index in [0.29, 0.717) is 18.9 Å². The molecule has 6 heteroatoms. The predicted molar refractivity (Wildman–Crippen MR) is 124 cm³/mol. The molecule has 160 valence electrons. The third-order valence-corrected chi connectivity index (χ3v) is 5.81. The Hall–Kier alpha value is -2.34. The van der Waals surface area contributed by atoms with Gasteiger partial charge in [-0.2, -0.15) is 0 Å². The van der Waals surface area contributed by atoms with E-state index >= 15 is 0 Å². The number of benzene rings is 2. The van der Waals surface area contributed by atoms with Gasteiger partial charge in [-0.25, -0.2) is 0 Å². The lowest BCUT2D eigenvalue weighted by molar-refractivity contribution is -0.129. The molecule has 0 saturated carbocycles. The van der Waals surface area contributed by atoms with Gasteiger partial charge in [-0.3, -0.25) is 9.59 Å². The molecule has 0 aliphatic carbocycles. The first-order valence-electron chi connectivity index (χ1n) is 10.5. The summed E-state index contributed by atoms with van der Waals surface area (Å²) >= 11 is 3.53. The van der Waals surface area contributed by atoms with Crippen LogP contribution in [0.3, 0.4) is 0 Å². The van der Waals surface area contributed by atoms with Crippen LogP contribution in [0, 0.1) is 11.8 Å². The number of rotatable bonds is 8. The molecule has 1 aliphatic heterocycles. The lowest BCUT2D eigenvalue weighted by atomic mass is 10.0. The molecular weight excluding hydrogens is 442 g/mol. The second-order valence-corrected chi connectivity index (χ2v) is 9.25. The molecule has 2 amide bonds. The molecule has 0 spiro atoms. The van der Waals surface area contributed by atoms with Gasteiger partial charge in [-0.05, 0) is 42.0 Å². The molecule has 5 nitrogen and oxygen atoms in total. The van der Waals surface area contributed by atoms with Crippen molar-refractivity contribution in [3.05, 3.63) is 64.6 Å². The maximum Gasteiger partial charge on any atom is 0.247 e. The van der Waals surface area contributed by atoms with E-state index in [4.69, 9.17) is 0 Å². The fraction of sp³-hybridized carbons (Fsp3) is 0.417. The van der Waals surface area contributed by atoms with Gasteiger partial charge in [0.05, 0.1) is 0 Å². The van der Waals surface area contributed by atoms with Crippen molar-refractivity contribution in [2.75, 3.05) is 24.5 Å². The highest BCUT2D eigenvalue weighted by atomic mass is 79.9. The van der Waals surface area contributed by atoms with E-state index in [2.05, 4.69) is 43.6 Å². The monoisotopic (exact) mass is 471 g/mol. The second kappa shape index (κ2) is 10.6. The van der Waals surface area contributed by atoms with Crippen molar-refractivity contribution in [1.82, 2.24) is 10.6 Å². The van der Waals surface area contributed by atoms with Gasteiger partial charge in [0.25, 0.3) is 0 Å². The van der Waals surface area contributed by atoms with E-state index in [0.717, 1.165) is 29.5 Å². The Kier molecular flexibility index (Phi) is 7.91. The Morgan fingerprint density at radius 2 is 1.90 bits per heavy atom. The third-order valence-electron chi connectivity index (χ3n) is 5.32. The Balaban J connectivity index is 1.58. The summed E-state index contributed by atoms with van der Waals surface area (Å²) in [5.41, 5.74) is 2.00. The van der Waals surface area contributed by atoms with Crippen LogP contribution < -0.4 is 15.5 Å². The molecule has 2 aromatic rings. The number of hydrogen-bond acceptors (Lipinski definition) is 3. The van der Waals surface area contributed by atoms with Gasteiger partial charge in [-0.1, -0.05) is 66.2 Å². The molecule has 2 atom stereocenters. The molecule has 3 rings (SSSR count). The average molecular weight is 472 g/mol. The van der Waals surface area contributed by atoms with E-state index in [9.17, 15) is 9.59 Å². The molecule has 1 heterocycles. The minimum atomic E-state index is -0.667. The van der Waals surface area contributed by atoms with Gasteiger partial charge in [0.15, 0.2) is 0 Å². The number of carbonyl (C=O) groups excluding carboxylic acids is 2. The number of halogens is 1. The average Bonchev–Trinajstić information content (AvgIpc) is 3.19. The highest BCUT2D eigenvalue weighted by Gasteiger charge is 2.26.